The number of carbonyl (C=O) groups is 1. The Morgan fingerprint density at radius 1 is 1.09 bits per heavy atom. The number of aromatic nitrogens is 1. The Kier molecular flexibility index (Phi) is 5.74. The Morgan fingerprint density at radius 2 is 1.83 bits per heavy atom. The fourth-order valence-corrected chi connectivity index (χ4v) is 5.15. The van der Waals surface area contributed by atoms with Crippen molar-refractivity contribution in [3.8, 4) is 5.75 Å². The molecule has 4 aromatic rings. The first-order valence-corrected chi connectivity index (χ1v) is 11.9. The summed E-state index contributed by atoms with van der Waals surface area (Å²) in [5, 5.41) is 12.5. The topological polar surface area (TPSA) is 96.8 Å². The van der Waals surface area contributed by atoms with E-state index in [4.69, 9.17) is 4.42 Å². The van der Waals surface area contributed by atoms with Crippen LogP contribution in [0.25, 0.3) is 6.08 Å². The maximum Gasteiger partial charge on any atom is 0.271 e. The predicted octanol–water partition coefficient (Wildman–Crippen LogP) is 3.79. The van der Waals surface area contributed by atoms with Gasteiger partial charge in [-0.15, -0.1) is 0 Å². The quantitative estimate of drug-likeness (QED) is 0.460. The third-order valence-electron chi connectivity index (χ3n) is 5.88. The number of rotatable bonds is 4. The number of phenols is 1. The van der Waals surface area contributed by atoms with Gasteiger partial charge in [0, 0.05) is 5.69 Å². The lowest BCUT2D eigenvalue weighted by molar-refractivity contribution is -0.113. The third-order valence-corrected chi connectivity index (χ3v) is 6.86. The van der Waals surface area contributed by atoms with Crippen molar-refractivity contribution in [3.63, 3.8) is 0 Å². The monoisotopic (exact) mass is 485 g/mol. The lowest BCUT2D eigenvalue weighted by Gasteiger charge is -2.23. The van der Waals surface area contributed by atoms with E-state index in [9.17, 15) is 14.7 Å². The predicted molar refractivity (Wildman–Crippen MR) is 135 cm³/mol. The molecule has 2 aromatic carbocycles. The number of hydrogen-bond donors (Lipinski definition) is 2. The van der Waals surface area contributed by atoms with Crippen LogP contribution in [0.4, 0.5) is 5.69 Å². The fourth-order valence-electron chi connectivity index (χ4n) is 4.11. The number of allylic oxidation sites excluding steroid dienone is 1. The first-order valence-electron chi connectivity index (χ1n) is 11.1. The van der Waals surface area contributed by atoms with Crippen molar-refractivity contribution in [2.75, 3.05) is 5.32 Å². The van der Waals surface area contributed by atoms with Gasteiger partial charge in [-0.1, -0.05) is 41.7 Å². The molecule has 2 aromatic heterocycles. The molecule has 0 radical (unpaired) electrons. The molecule has 8 heteroatoms. The Bertz CT molecular complexity index is 1660. The first kappa shape index (κ1) is 22.6. The minimum absolute atomic E-state index is 0.150. The number of carbonyl (C=O) groups excluding carboxylic acids is 1. The molecule has 0 spiro atoms. The zero-order chi connectivity index (χ0) is 24.7. The van der Waals surface area contributed by atoms with Crippen molar-refractivity contribution in [3.05, 3.63) is 114 Å². The molecule has 1 amide bonds. The molecule has 0 bridgehead atoms. The summed E-state index contributed by atoms with van der Waals surface area (Å²) in [6.07, 6.45) is 1.75. The van der Waals surface area contributed by atoms with Gasteiger partial charge in [-0.2, -0.15) is 0 Å². The molecule has 5 rings (SSSR count). The van der Waals surface area contributed by atoms with Crippen LogP contribution >= 0.6 is 11.3 Å². The van der Waals surface area contributed by atoms with Crippen LogP contribution in [-0.2, 0) is 4.79 Å². The summed E-state index contributed by atoms with van der Waals surface area (Å²) in [5.74, 6) is 0.979. The minimum Gasteiger partial charge on any atom is -0.508 e. The molecule has 35 heavy (non-hydrogen) atoms. The van der Waals surface area contributed by atoms with Gasteiger partial charge < -0.3 is 14.8 Å². The van der Waals surface area contributed by atoms with Crippen LogP contribution in [-0.4, -0.2) is 15.6 Å². The zero-order valence-corrected chi connectivity index (χ0v) is 20.2. The molecule has 0 aliphatic carbocycles. The second-order valence-corrected chi connectivity index (χ2v) is 9.40. The van der Waals surface area contributed by atoms with Gasteiger partial charge in [0.15, 0.2) is 4.80 Å². The highest BCUT2D eigenvalue weighted by Crippen LogP contribution is 2.32. The zero-order valence-electron chi connectivity index (χ0n) is 19.4. The minimum atomic E-state index is -0.758. The number of phenolic OH excluding ortho intramolecular Hbond substituents is 1. The number of amides is 1. The van der Waals surface area contributed by atoms with E-state index in [2.05, 4.69) is 10.3 Å². The lowest BCUT2D eigenvalue weighted by atomic mass is 10.00. The number of aryl methyl sites for hydroxylation is 2. The second kappa shape index (κ2) is 8.88. The summed E-state index contributed by atoms with van der Waals surface area (Å²) in [6, 6.07) is 16.9. The van der Waals surface area contributed by atoms with Gasteiger partial charge in [0.1, 0.15) is 23.3 Å². The van der Waals surface area contributed by atoms with Crippen LogP contribution in [0.15, 0.2) is 86.1 Å². The van der Waals surface area contributed by atoms with E-state index >= 15 is 0 Å². The van der Waals surface area contributed by atoms with E-state index in [0.29, 0.717) is 37.8 Å². The van der Waals surface area contributed by atoms with Crippen molar-refractivity contribution in [1.29, 1.82) is 0 Å². The van der Waals surface area contributed by atoms with Crippen LogP contribution in [0.2, 0.25) is 0 Å². The molecule has 0 saturated carbocycles. The van der Waals surface area contributed by atoms with Crippen LogP contribution in [0.1, 0.15) is 35.6 Å². The van der Waals surface area contributed by atoms with Gasteiger partial charge in [-0.25, -0.2) is 4.99 Å². The summed E-state index contributed by atoms with van der Waals surface area (Å²) >= 11 is 1.25. The van der Waals surface area contributed by atoms with Crippen LogP contribution in [0, 0.1) is 13.8 Å². The SMILES string of the molecule is CC1=C(C(=O)Nc2ccccc2C)[C@@H](c2ccc(C)o2)n2c(s/c(=C/c3ccc(O)cc3)c2=O)=N1. The van der Waals surface area contributed by atoms with Crippen molar-refractivity contribution >= 4 is 29.0 Å². The van der Waals surface area contributed by atoms with Gasteiger partial charge in [0.25, 0.3) is 11.5 Å². The number of nitrogens with zero attached hydrogens (tertiary/aromatic N) is 2. The van der Waals surface area contributed by atoms with Crippen LogP contribution in [0.3, 0.4) is 0 Å². The Hall–Kier alpha value is -4.17. The smallest absolute Gasteiger partial charge is 0.271 e. The average Bonchev–Trinajstić information content (AvgIpc) is 3.39. The highest BCUT2D eigenvalue weighted by molar-refractivity contribution is 7.07. The van der Waals surface area contributed by atoms with Crippen LogP contribution in [0.5, 0.6) is 5.75 Å². The standard InChI is InChI=1S/C27H23N3O4S/c1-15-6-4-5-7-20(15)29-25(32)23-17(3)28-27-30(24(23)21-13-8-16(2)34-21)26(33)22(35-27)14-18-9-11-19(31)12-10-18/h4-14,24,31H,1-3H3,(H,29,32)/b22-14+/t24-/m1/s1. The number of aromatic hydroxyl groups is 1. The number of benzene rings is 2. The van der Waals surface area contributed by atoms with Gasteiger partial charge in [-0.05, 0) is 68.3 Å². The Balaban J connectivity index is 1.66. The molecule has 1 aliphatic heterocycles. The second-order valence-electron chi connectivity index (χ2n) is 8.39. The molecule has 0 saturated heterocycles. The Morgan fingerprint density at radius 3 is 2.51 bits per heavy atom. The van der Waals surface area contributed by atoms with Crippen molar-refractivity contribution in [2.45, 2.75) is 26.8 Å². The first-order chi connectivity index (χ1) is 16.8. The molecule has 176 valence electrons. The van der Waals surface area contributed by atoms with E-state index in [0.717, 1.165) is 11.1 Å². The van der Waals surface area contributed by atoms with Gasteiger partial charge >= 0.3 is 0 Å². The van der Waals surface area contributed by atoms with Crippen molar-refractivity contribution < 1.29 is 14.3 Å². The number of fused-ring (bicyclic) bond motifs is 1. The lowest BCUT2D eigenvalue weighted by Crippen LogP contribution is -2.40. The molecular weight excluding hydrogens is 462 g/mol. The summed E-state index contributed by atoms with van der Waals surface area (Å²) in [5.41, 5.74) is 2.99. The number of para-hydroxylation sites is 1. The highest BCUT2D eigenvalue weighted by atomic mass is 32.1. The summed E-state index contributed by atoms with van der Waals surface area (Å²) in [6.45, 7) is 5.51. The average molecular weight is 486 g/mol. The Labute approximate surface area is 205 Å². The normalized spacial score (nSPS) is 15.6. The number of anilines is 1. The van der Waals surface area contributed by atoms with E-state index in [1.54, 1.807) is 43.3 Å². The molecule has 1 aliphatic rings. The molecule has 0 unspecified atom stereocenters. The van der Waals surface area contributed by atoms with Gasteiger partial charge in [0.2, 0.25) is 0 Å². The molecular formula is C27H23N3O4S. The molecule has 1 atom stereocenters. The number of furan rings is 1. The number of hydrogen-bond acceptors (Lipinski definition) is 6. The van der Waals surface area contributed by atoms with E-state index < -0.39 is 6.04 Å². The summed E-state index contributed by atoms with van der Waals surface area (Å²) in [4.78, 5) is 32.3. The number of nitrogens with one attached hydrogen (secondary N) is 1. The maximum atomic E-state index is 13.6. The van der Waals surface area contributed by atoms with Crippen LogP contribution < -0.4 is 20.2 Å². The summed E-state index contributed by atoms with van der Waals surface area (Å²) in [7, 11) is 0. The highest BCUT2D eigenvalue weighted by Gasteiger charge is 2.34. The summed E-state index contributed by atoms with van der Waals surface area (Å²) < 4.78 is 7.92. The molecule has 0 fully saturated rings. The van der Waals surface area contributed by atoms with Gasteiger partial charge in [-0.3, -0.25) is 14.2 Å². The molecule has 3 heterocycles. The van der Waals surface area contributed by atoms with E-state index in [1.807, 2.05) is 44.2 Å². The third kappa shape index (κ3) is 4.24. The van der Waals surface area contributed by atoms with Crippen molar-refractivity contribution in [1.82, 2.24) is 4.57 Å². The van der Waals surface area contributed by atoms with E-state index in [-0.39, 0.29) is 17.2 Å². The van der Waals surface area contributed by atoms with Crippen molar-refractivity contribution in [2.24, 2.45) is 4.99 Å². The fraction of sp³-hybridized carbons (Fsp3) is 0.148. The van der Waals surface area contributed by atoms with E-state index in [1.165, 1.54) is 15.9 Å². The molecule has 2 N–H and O–H groups in total. The number of thiazole rings is 1. The largest absolute Gasteiger partial charge is 0.508 e. The molecule has 7 nitrogen and oxygen atoms in total. The van der Waals surface area contributed by atoms with Gasteiger partial charge in [0.05, 0.1) is 15.8 Å². The maximum absolute atomic E-state index is 13.6.